The van der Waals surface area contributed by atoms with E-state index in [-0.39, 0.29) is 11.4 Å². The van der Waals surface area contributed by atoms with Crippen LogP contribution in [0.3, 0.4) is 0 Å². The van der Waals surface area contributed by atoms with Gasteiger partial charge in [0.05, 0.1) is 0 Å². The van der Waals surface area contributed by atoms with E-state index in [1.807, 2.05) is 18.7 Å². The summed E-state index contributed by atoms with van der Waals surface area (Å²) in [6, 6.07) is -0.747. The Morgan fingerprint density at radius 3 is 2.29 bits per heavy atom. The van der Waals surface area contributed by atoms with Gasteiger partial charge in [-0.05, 0) is 42.9 Å². The Hall–Kier alpha value is -1.26. The number of piperidine rings is 1. The molecular formula is C16H26N2O3. The van der Waals surface area contributed by atoms with Crippen molar-refractivity contribution in [2.24, 2.45) is 17.3 Å². The SMILES string of the molecule is CC1(C)CCCN(C(=O)N2CC3CCCC3C2)C1C(=O)O. The minimum atomic E-state index is -0.868. The second kappa shape index (κ2) is 5.18. The van der Waals surface area contributed by atoms with Gasteiger partial charge in [0.25, 0.3) is 0 Å². The molecule has 3 fully saturated rings. The monoisotopic (exact) mass is 294 g/mol. The molecule has 2 saturated heterocycles. The van der Waals surface area contributed by atoms with E-state index >= 15 is 0 Å². The molecule has 3 aliphatic rings. The first kappa shape index (κ1) is 14.7. The van der Waals surface area contributed by atoms with Crippen LogP contribution in [0.1, 0.15) is 46.0 Å². The van der Waals surface area contributed by atoms with Gasteiger partial charge in [-0.15, -0.1) is 0 Å². The Morgan fingerprint density at radius 1 is 1.10 bits per heavy atom. The van der Waals surface area contributed by atoms with Crippen LogP contribution >= 0.6 is 0 Å². The van der Waals surface area contributed by atoms with Gasteiger partial charge in [0, 0.05) is 19.6 Å². The summed E-state index contributed by atoms with van der Waals surface area (Å²) in [5.41, 5.74) is -0.352. The van der Waals surface area contributed by atoms with Gasteiger partial charge in [0.2, 0.25) is 0 Å². The third-order valence-corrected chi connectivity index (χ3v) is 5.75. The third kappa shape index (κ3) is 2.51. The summed E-state index contributed by atoms with van der Waals surface area (Å²) in [4.78, 5) is 28.0. The largest absolute Gasteiger partial charge is 0.480 e. The molecule has 5 heteroatoms. The van der Waals surface area contributed by atoms with E-state index in [2.05, 4.69) is 0 Å². The summed E-state index contributed by atoms with van der Waals surface area (Å²) in [6.45, 7) is 6.15. The molecule has 1 N–H and O–H groups in total. The zero-order valence-electron chi connectivity index (χ0n) is 13.0. The van der Waals surface area contributed by atoms with E-state index in [1.165, 1.54) is 19.3 Å². The Balaban J connectivity index is 1.75. The molecule has 2 heterocycles. The van der Waals surface area contributed by atoms with Crippen LogP contribution in [0.15, 0.2) is 0 Å². The second-order valence-corrected chi connectivity index (χ2v) is 7.66. The summed E-state index contributed by atoms with van der Waals surface area (Å²) >= 11 is 0. The van der Waals surface area contributed by atoms with Crippen molar-refractivity contribution in [1.82, 2.24) is 9.80 Å². The molecule has 1 saturated carbocycles. The van der Waals surface area contributed by atoms with Crippen molar-refractivity contribution in [2.75, 3.05) is 19.6 Å². The van der Waals surface area contributed by atoms with Crippen LogP contribution in [0.4, 0.5) is 4.79 Å². The number of hydrogen-bond donors (Lipinski definition) is 1. The first-order chi connectivity index (χ1) is 9.90. The van der Waals surface area contributed by atoms with Crippen LogP contribution in [0, 0.1) is 17.3 Å². The highest BCUT2D eigenvalue weighted by atomic mass is 16.4. The number of carbonyl (C=O) groups excluding carboxylic acids is 1. The fraction of sp³-hybridized carbons (Fsp3) is 0.875. The maximum atomic E-state index is 12.8. The number of rotatable bonds is 1. The fourth-order valence-electron chi connectivity index (χ4n) is 4.64. The molecule has 1 aliphatic carbocycles. The van der Waals surface area contributed by atoms with Gasteiger partial charge in [0.1, 0.15) is 6.04 Å². The van der Waals surface area contributed by atoms with E-state index in [4.69, 9.17) is 0 Å². The van der Waals surface area contributed by atoms with Crippen LogP contribution < -0.4 is 0 Å². The minimum absolute atomic E-state index is 0.0513. The molecular weight excluding hydrogens is 268 g/mol. The average Bonchev–Trinajstić information content (AvgIpc) is 2.96. The summed E-state index contributed by atoms with van der Waals surface area (Å²) in [5, 5.41) is 9.58. The molecule has 118 valence electrons. The van der Waals surface area contributed by atoms with E-state index in [0.717, 1.165) is 25.9 Å². The number of nitrogens with zero attached hydrogens (tertiary/aromatic N) is 2. The lowest BCUT2D eigenvalue weighted by molar-refractivity contribution is -0.148. The topological polar surface area (TPSA) is 60.9 Å². The molecule has 0 spiro atoms. The molecule has 0 bridgehead atoms. The van der Waals surface area contributed by atoms with Gasteiger partial charge in [-0.25, -0.2) is 9.59 Å². The fourth-order valence-corrected chi connectivity index (χ4v) is 4.64. The Labute approximate surface area is 126 Å². The number of carboxylic acids is 1. The van der Waals surface area contributed by atoms with Crippen molar-refractivity contribution in [3.05, 3.63) is 0 Å². The molecule has 2 aliphatic heterocycles. The predicted octanol–water partition coefficient (Wildman–Crippen LogP) is 2.41. The first-order valence-corrected chi connectivity index (χ1v) is 8.18. The zero-order valence-corrected chi connectivity index (χ0v) is 13.0. The highest BCUT2D eigenvalue weighted by Crippen LogP contribution is 2.40. The third-order valence-electron chi connectivity index (χ3n) is 5.75. The molecule has 3 rings (SSSR count). The van der Waals surface area contributed by atoms with E-state index < -0.39 is 12.0 Å². The summed E-state index contributed by atoms with van der Waals surface area (Å²) in [6.07, 6.45) is 5.48. The quantitative estimate of drug-likeness (QED) is 0.808. The maximum Gasteiger partial charge on any atom is 0.327 e. The predicted molar refractivity (Wildman–Crippen MR) is 78.9 cm³/mol. The van der Waals surface area contributed by atoms with Crippen LogP contribution in [0.2, 0.25) is 0 Å². The molecule has 0 aromatic rings. The number of urea groups is 1. The number of amides is 2. The molecule has 21 heavy (non-hydrogen) atoms. The Morgan fingerprint density at radius 2 is 1.71 bits per heavy atom. The lowest BCUT2D eigenvalue weighted by Crippen LogP contribution is -2.59. The Bertz CT molecular complexity index is 437. The number of carbonyl (C=O) groups is 2. The zero-order chi connectivity index (χ0) is 15.2. The van der Waals surface area contributed by atoms with Crippen molar-refractivity contribution in [2.45, 2.75) is 52.0 Å². The summed E-state index contributed by atoms with van der Waals surface area (Å²) in [5.74, 6) is 0.428. The van der Waals surface area contributed by atoms with E-state index in [1.54, 1.807) is 4.90 Å². The summed E-state index contributed by atoms with van der Waals surface area (Å²) in [7, 11) is 0. The average molecular weight is 294 g/mol. The molecule has 5 nitrogen and oxygen atoms in total. The van der Waals surface area contributed by atoms with Crippen molar-refractivity contribution in [3.63, 3.8) is 0 Å². The number of hydrogen-bond acceptors (Lipinski definition) is 2. The lowest BCUT2D eigenvalue weighted by Gasteiger charge is -2.45. The standard InChI is InChI=1S/C16H26N2O3/c1-16(2)7-4-8-18(13(16)14(19)20)15(21)17-9-11-5-3-6-12(11)10-17/h11-13H,3-10H2,1-2H3,(H,19,20). The van der Waals surface area contributed by atoms with Gasteiger partial charge in [-0.3, -0.25) is 0 Å². The highest BCUT2D eigenvalue weighted by molar-refractivity contribution is 5.84. The lowest BCUT2D eigenvalue weighted by atomic mass is 9.76. The summed E-state index contributed by atoms with van der Waals surface area (Å²) < 4.78 is 0. The number of fused-ring (bicyclic) bond motifs is 1. The molecule has 3 atom stereocenters. The van der Waals surface area contributed by atoms with Crippen LogP contribution in [-0.4, -0.2) is 52.6 Å². The minimum Gasteiger partial charge on any atom is -0.480 e. The van der Waals surface area contributed by atoms with Gasteiger partial charge in [-0.2, -0.15) is 0 Å². The van der Waals surface area contributed by atoms with Gasteiger partial charge in [0.15, 0.2) is 0 Å². The number of likely N-dealkylation sites (tertiary alicyclic amines) is 2. The van der Waals surface area contributed by atoms with Gasteiger partial charge in [-0.1, -0.05) is 20.3 Å². The number of carboxylic acid groups (broad SMARTS) is 1. The first-order valence-electron chi connectivity index (χ1n) is 8.18. The van der Waals surface area contributed by atoms with E-state index in [0.29, 0.717) is 18.4 Å². The van der Waals surface area contributed by atoms with Crippen LogP contribution in [0.5, 0.6) is 0 Å². The number of aliphatic carboxylic acids is 1. The molecule has 0 aromatic carbocycles. The molecule has 2 amide bonds. The van der Waals surface area contributed by atoms with Crippen LogP contribution in [-0.2, 0) is 4.79 Å². The van der Waals surface area contributed by atoms with Crippen molar-refractivity contribution in [3.8, 4) is 0 Å². The second-order valence-electron chi connectivity index (χ2n) is 7.66. The molecule has 3 unspecified atom stereocenters. The van der Waals surface area contributed by atoms with Gasteiger partial charge < -0.3 is 14.9 Å². The van der Waals surface area contributed by atoms with Gasteiger partial charge >= 0.3 is 12.0 Å². The smallest absolute Gasteiger partial charge is 0.327 e. The van der Waals surface area contributed by atoms with Crippen molar-refractivity contribution >= 4 is 12.0 Å². The van der Waals surface area contributed by atoms with E-state index in [9.17, 15) is 14.7 Å². The Kier molecular flexibility index (Phi) is 3.62. The van der Waals surface area contributed by atoms with Crippen molar-refractivity contribution < 1.29 is 14.7 Å². The normalized spacial score (nSPS) is 34.9. The maximum absolute atomic E-state index is 12.8. The highest BCUT2D eigenvalue weighted by Gasteiger charge is 2.47. The van der Waals surface area contributed by atoms with Crippen molar-refractivity contribution in [1.29, 1.82) is 0 Å². The molecule has 0 aromatic heterocycles. The molecule has 0 radical (unpaired) electrons. The van der Waals surface area contributed by atoms with Crippen LogP contribution in [0.25, 0.3) is 0 Å².